The number of carbonyl (C=O) groups is 2. The number of hydrogen-bond donors (Lipinski definition) is 2. The van der Waals surface area contributed by atoms with Crippen molar-refractivity contribution in [1.82, 2.24) is 15.8 Å². The van der Waals surface area contributed by atoms with Crippen LogP contribution in [-0.4, -0.2) is 23.9 Å². The number of aromatic nitrogens is 1. The lowest BCUT2D eigenvalue weighted by molar-refractivity contribution is 0.0844. The van der Waals surface area contributed by atoms with E-state index in [1.165, 1.54) is 37.7 Å². The van der Waals surface area contributed by atoms with E-state index in [-0.39, 0.29) is 5.56 Å². The lowest BCUT2D eigenvalue weighted by atomic mass is 10.1. The second kappa shape index (κ2) is 7.06. The van der Waals surface area contributed by atoms with E-state index >= 15 is 0 Å². The first-order valence-electron chi connectivity index (χ1n) is 7.63. The second-order valence-corrected chi connectivity index (χ2v) is 5.45. The van der Waals surface area contributed by atoms with E-state index in [0.29, 0.717) is 22.3 Å². The Morgan fingerprint density at radius 2 is 1.77 bits per heavy atom. The maximum atomic E-state index is 12.3. The molecule has 0 bridgehead atoms. The van der Waals surface area contributed by atoms with Crippen molar-refractivity contribution in [3.8, 4) is 5.75 Å². The van der Waals surface area contributed by atoms with Crippen molar-refractivity contribution in [3.63, 3.8) is 0 Å². The maximum absolute atomic E-state index is 12.3. The number of rotatable bonds is 3. The van der Waals surface area contributed by atoms with Gasteiger partial charge in [0.25, 0.3) is 11.8 Å². The summed E-state index contributed by atoms with van der Waals surface area (Å²) in [5, 5.41) is 0.594. The van der Waals surface area contributed by atoms with Gasteiger partial charge in [-0.3, -0.25) is 25.4 Å². The second-order valence-electron chi connectivity index (χ2n) is 5.45. The molecule has 2 N–H and O–H groups in total. The van der Waals surface area contributed by atoms with Gasteiger partial charge in [0, 0.05) is 29.4 Å². The summed E-state index contributed by atoms with van der Waals surface area (Å²) in [5.41, 5.74) is 4.80. The van der Waals surface area contributed by atoms with Crippen molar-refractivity contribution >= 4 is 22.8 Å². The summed E-state index contributed by atoms with van der Waals surface area (Å²) in [7, 11) is 1.51. The fraction of sp³-hybridized carbons (Fsp3) is 0.111. The SMILES string of the molecule is COc1cc(C)c2cc(C(=O)NNC(=O)c3ccncc3)c(=O)oc2c1. The molecule has 26 heavy (non-hydrogen) atoms. The predicted octanol–water partition coefficient (Wildman–Crippen LogP) is 1.58. The van der Waals surface area contributed by atoms with Crippen LogP contribution < -0.4 is 21.2 Å². The molecule has 132 valence electrons. The molecule has 0 atom stereocenters. The molecule has 2 heterocycles. The van der Waals surface area contributed by atoms with Gasteiger partial charge in [0.1, 0.15) is 16.9 Å². The first-order chi connectivity index (χ1) is 12.5. The number of carbonyl (C=O) groups excluding carboxylic acids is 2. The van der Waals surface area contributed by atoms with Gasteiger partial charge in [0.2, 0.25) is 0 Å². The van der Waals surface area contributed by atoms with Crippen LogP contribution >= 0.6 is 0 Å². The average molecular weight is 353 g/mol. The molecular formula is C18H15N3O5. The third-order valence-electron chi connectivity index (χ3n) is 3.75. The van der Waals surface area contributed by atoms with Gasteiger partial charge in [-0.25, -0.2) is 4.79 Å². The summed E-state index contributed by atoms with van der Waals surface area (Å²) in [6, 6.07) is 7.72. The lowest BCUT2D eigenvalue weighted by Crippen LogP contribution is -2.43. The van der Waals surface area contributed by atoms with Crippen LogP contribution in [0.3, 0.4) is 0 Å². The molecular weight excluding hydrogens is 338 g/mol. The van der Waals surface area contributed by atoms with Crippen LogP contribution in [0.5, 0.6) is 5.75 Å². The first kappa shape index (κ1) is 17.2. The van der Waals surface area contributed by atoms with E-state index in [0.717, 1.165) is 5.56 Å². The summed E-state index contributed by atoms with van der Waals surface area (Å²) in [5.74, 6) is -0.773. The summed E-state index contributed by atoms with van der Waals surface area (Å²) >= 11 is 0. The Morgan fingerprint density at radius 3 is 2.46 bits per heavy atom. The molecule has 0 aliphatic rings. The fourth-order valence-electron chi connectivity index (χ4n) is 2.39. The number of ether oxygens (including phenoxy) is 1. The first-order valence-corrected chi connectivity index (χ1v) is 7.63. The Hall–Kier alpha value is -3.68. The standard InChI is InChI=1S/C18H15N3O5/c1-10-7-12(25-2)8-15-13(10)9-14(18(24)26-15)17(23)21-20-16(22)11-3-5-19-6-4-11/h3-9H,1-2H3,(H,20,22)(H,21,23). The van der Waals surface area contributed by atoms with E-state index in [4.69, 9.17) is 9.15 Å². The topological polar surface area (TPSA) is 111 Å². The minimum atomic E-state index is -0.819. The summed E-state index contributed by atoms with van der Waals surface area (Å²) in [6.07, 6.45) is 2.90. The van der Waals surface area contributed by atoms with Crippen molar-refractivity contribution < 1.29 is 18.7 Å². The number of nitrogens with one attached hydrogen (secondary N) is 2. The lowest BCUT2D eigenvalue weighted by Gasteiger charge is -2.09. The average Bonchev–Trinajstić information content (AvgIpc) is 2.65. The van der Waals surface area contributed by atoms with Crippen LogP contribution in [0.1, 0.15) is 26.3 Å². The van der Waals surface area contributed by atoms with E-state index in [9.17, 15) is 14.4 Å². The van der Waals surface area contributed by atoms with Crippen LogP contribution in [0.2, 0.25) is 0 Å². The molecule has 8 heteroatoms. The van der Waals surface area contributed by atoms with Crippen LogP contribution in [-0.2, 0) is 0 Å². The van der Waals surface area contributed by atoms with Crippen LogP contribution in [0.4, 0.5) is 0 Å². The monoisotopic (exact) mass is 353 g/mol. The third kappa shape index (κ3) is 3.39. The molecule has 0 unspecified atom stereocenters. The molecule has 0 saturated heterocycles. The van der Waals surface area contributed by atoms with Crippen molar-refractivity contribution in [2.45, 2.75) is 6.92 Å². The third-order valence-corrected chi connectivity index (χ3v) is 3.75. The van der Waals surface area contributed by atoms with Gasteiger partial charge in [-0.15, -0.1) is 0 Å². The number of benzene rings is 1. The molecule has 3 aromatic rings. The van der Waals surface area contributed by atoms with Crippen LogP contribution in [0.25, 0.3) is 11.0 Å². The van der Waals surface area contributed by atoms with Gasteiger partial charge in [-0.1, -0.05) is 0 Å². The number of aryl methyl sites for hydroxylation is 1. The zero-order valence-electron chi connectivity index (χ0n) is 14.0. The van der Waals surface area contributed by atoms with E-state index in [1.54, 1.807) is 19.1 Å². The molecule has 0 saturated carbocycles. The zero-order valence-corrected chi connectivity index (χ0v) is 14.0. The van der Waals surface area contributed by atoms with Crippen molar-refractivity contribution in [1.29, 1.82) is 0 Å². The van der Waals surface area contributed by atoms with Gasteiger partial charge in [0.15, 0.2) is 0 Å². The Morgan fingerprint density at radius 1 is 1.08 bits per heavy atom. The van der Waals surface area contributed by atoms with Crippen molar-refractivity contribution in [2.24, 2.45) is 0 Å². The highest BCUT2D eigenvalue weighted by molar-refractivity contribution is 6.00. The fourth-order valence-corrected chi connectivity index (χ4v) is 2.39. The van der Waals surface area contributed by atoms with Crippen molar-refractivity contribution in [3.05, 3.63) is 69.8 Å². The molecule has 0 aliphatic heterocycles. The Labute approximate surface area is 147 Å². The van der Waals surface area contributed by atoms with Gasteiger partial charge in [0.05, 0.1) is 7.11 Å². The number of nitrogens with zero attached hydrogens (tertiary/aromatic N) is 1. The number of hydrazine groups is 1. The normalized spacial score (nSPS) is 10.4. The molecule has 0 fully saturated rings. The van der Waals surface area contributed by atoms with Gasteiger partial charge >= 0.3 is 5.63 Å². The Bertz CT molecular complexity index is 1040. The smallest absolute Gasteiger partial charge is 0.349 e. The van der Waals surface area contributed by atoms with E-state index < -0.39 is 17.4 Å². The minimum Gasteiger partial charge on any atom is -0.497 e. The highest BCUT2D eigenvalue weighted by Gasteiger charge is 2.16. The highest BCUT2D eigenvalue weighted by atomic mass is 16.5. The summed E-state index contributed by atoms with van der Waals surface area (Å²) < 4.78 is 10.3. The number of fused-ring (bicyclic) bond motifs is 1. The maximum Gasteiger partial charge on any atom is 0.349 e. The predicted molar refractivity (Wildman–Crippen MR) is 92.9 cm³/mol. The number of amides is 2. The molecule has 2 amide bonds. The van der Waals surface area contributed by atoms with Crippen molar-refractivity contribution in [2.75, 3.05) is 7.11 Å². The number of methoxy groups -OCH3 is 1. The molecule has 3 rings (SSSR count). The minimum absolute atomic E-state index is 0.221. The Kier molecular flexibility index (Phi) is 4.66. The molecule has 0 spiro atoms. The highest BCUT2D eigenvalue weighted by Crippen LogP contribution is 2.24. The van der Waals surface area contributed by atoms with E-state index in [2.05, 4.69) is 15.8 Å². The molecule has 0 aliphatic carbocycles. The van der Waals surface area contributed by atoms with Gasteiger partial charge < -0.3 is 9.15 Å². The van der Waals surface area contributed by atoms with Crippen LogP contribution in [0, 0.1) is 6.92 Å². The summed E-state index contributed by atoms with van der Waals surface area (Å²) in [4.78, 5) is 40.1. The number of pyridine rings is 1. The zero-order chi connectivity index (χ0) is 18.7. The van der Waals surface area contributed by atoms with E-state index in [1.807, 2.05) is 0 Å². The largest absolute Gasteiger partial charge is 0.497 e. The summed E-state index contributed by atoms with van der Waals surface area (Å²) in [6.45, 7) is 1.80. The van der Waals surface area contributed by atoms with Crippen LogP contribution in [0.15, 0.2) is 51.9 Å². The molecule has 1 aromatic carbocycles. The Balaban J connectivity index is 1.84. The molecule has 2 aromatic heterocycles. The molecule has 0 radical (unpaired) electrons. The number of hydrogen-bond acceptors (Lipinski definition) is 6. The van der Waals surface area contributed by atoms with Gasteiger partial charge in [-0.2, -0.15) is 0 Å². The quantitative estimate of drug-likeness (QED) is 0.546. The molecule has 8 nitrogen and oxygen atoms in total. The van der Waals surface area contributed by atoms with Gasteiger partial charge in [-0.05, 0) is 36.8 Å².